The molecular formula is C8H10O6S2. The van der Waals surface area contributed by atoms with Crippen molar-refractivity contribution < 1.29 is 27.7 Å². The van der Waals surface area contributed by atoms with Crippen molar-refractivity contribution in [3.05, 3.63) is 35.4 Å². The Morgan fingerprint density at radius 1 is 0.938 bits per heavy atom. The van der Waals surface area contributed by atoms with Crippen molar-refractivity contribution in [2.24, 2.45) is 0 Å². The second kappa shape index (κ2) is 5.62. The number of aliphatic hydroxyl groups excluding tert-OH is 2. The zero-order valence-corrected chi connectivity index (χ0v) is 9.52. The molecule has 6 nitrogen and oxygen atoms in total. The van der Waals surface area contributed by atoms with Gasteiger partial charge in [-0.3, -0.25) is 0 Å². The number of hydrogen-bond donors (Lipinski definition) is 4. The molecule has 0 bridgehead atoms. The highest BCUT2D eigenvalue weighted by Gasteiger charge is 2.18. The third kappa shape index (κ3) is 3.17. The van der Waals surface area contributed by atoms with Crippen LogP contribution in [0.4, 0.5) is 0 Å². The van der Waals surface area contributed by atoms with Crippen LogP contribution in [0.3, 0.4) is 0 Å². The zero-order chi connectivity index (χ0) is 12.3. The van der Waals surface area contributed by atoms with E-state index in [1.54, 1.807) is 0 Å². The molecule has 0 spiro atoms. The van der Waals surface area contributed by atoms with Gasteiger partial charge < -0.3 is 19.3 Å². The third-order valence-corrected chi connectivity index (χ3v) is 3.17. The molecule has 0 aliphatic heterocycles. The van der Waals surface area contributed by atoms with Crippen molar-refractivity contribution in [3.8, 4) is 0 Å². The Bertz CT molecular complexity index is 385. The van der Waals surface area contributed by atoms with Crippen LogP contribution in [0.15, 0.2) is 24.3 Å². The topological polar surface area (TPSA) is 115 Å². The lowest BCUT2D eigenvalue weighted by atomic mass is 10.1. The van der Waals surface area contributed by atoms with Gasteiger partial charge in [0.05, 0.1) is 0 Å². The molecule has 1 aromatic rings. The standard InChI is InChI=1S/C8H10O6S2/c9-7(15(11)12)5-2-1-3-6(4-5)8(10)16(13)14/h1-4,7-10H,(H,11,12)(H,13,14). The average molecular weight is 266 g/mol. The molecule has 0 heterocycles. The van der Waals surface area contributed by atoms with E-state index < -0.39 is 33.0 Å². The van der Waals surface area contributed by atoms with E-state index in [2.05, 4.69) is 0 Å². The normalized spacial score (nSPS) is 18.8. The largest absolute Gasteiger partial charge is 0.373 e. The highest BCUT2D eigenvalue weighted by Crippen LogP contribution is 2.21. The van der Waals surface area contributed by atoms with Crippen LogP contribution in [0.5, 0.6) is 0 Å². The molecule has 0 aliphatic rings. The summed E-state index contributed by atoms with van der Waals surface area (Å²) in [7, 11) is 0. The van der Waals surface area contributed by atoms with E-state index in [1.165, 1.54) is 24.3 Å². The summed E-state index contributed by atoms with van der Waals surface area (Å²) in [5.41, 5.74) is -3.05. The second-order valence-corrected chi connectivity index (χ2v) is 4.92. The number of aliphatic hydroxyl groups is 2. The Morgan fingerprint density at radius 2 is 1.31 bits per heavy atom. The van der Waals surface area contributed by atoms with Gasteiger partial charge in [-0.2, -0.15) is 0 Å². The van der Waals surface area contributed by atoms with Crippen LogP contribution in [-0.2, 0) is 22.2 Å². The summed E-state index contributed by atoms with van der Waals surface area (Å²) >= 11 is -4.92. The van der Waals surface area contributed by atoms with Gasteiger partial charge in [0.15, 0.2) is 33.0 Å². The van der Waals surface area contributed by atoms with Crippen LogP contribution in [0.25, 0.3) is 0 Å². The first-order valence-corrected chi connectivity index (χ1v) is 6.42. The van der Waals surface area contributed by atoms with E-state index in [1.807, 2.05) is 0 Å². The molecule has 0 radical (unpaired) electrons. The predicted molar refractivity (Wildman–Crippen MR) is 57.9 cm³/mol. The van der Waals surface area contributed by atoms with Crippen LogP contribution >= 0.6 is 0 Å². The first kappa shape index (κ1) is 13.4. The highest BCUT2D eigenvalue weighted by molar-refractivity contribution is 7.79. The molecule has 4 N–H and O–H groups in total. The minimum absolute atomic E-state index is 0.0860. The average Bonchev–Trinajstić information content (AvgIpc) is 2.26. The lowest BCUT2D eigenvalue weighted by molar-refractivity contribution is 0.245. The first-order valence-electron chi connectivity index (χ1n) is 4.09. The van der Waals surface area contributed by atoms with Crippen molar-refractivity contribution in [1.29, 1.82) is 0 Å². The molecule has 1 rings (SSSR count). The van der Waals surface area contributed by atoms with E-state index in [0.29, 0.717) is 0 Å². The van der Waals surface area contributed by atoms with Crippen molar-refractivity contribution in [3.63, 3.8) is 0 Å². The maximum absolute atomic E-state index is 10.6. The minimum atomic E-state index is -2.46. The maximum Gasteiger partial charge on any atom is 0.187 e. The highest BCUT2D eigenvalue weighted by atomic mass is 32.2. The Hall–Kier alpha value is -0.640. The quantitative estimate of drug-likeness (QED) is 0.575. The van der Waals surface area contributed by atoms with Crippen LogP contribution in [0.1, 0.15) is 22.0 Å². The molecule has 0 saturated carbocycles. The number of hydrogen-bond acceptors (Lipinski definition) is 4. The zero-order valence-electron chi connectivity index (χ0n) is 7.89. The molecule has 0 aromatic heterocycles. The van der Waals surface area contributed by atoms with Crippen LogP contribution < -0.4 is 0 Å². The van der Waals surface area contributed by atoms with Crippen molar-refractivity contribution >= 4 is 22.2 Å². The Morgan fingerprint density at radius 3 is 1.62 bits per heavy atom. The van der Waals surface area contributed by atoms with E-state index in [0.717, 1.165) is 0 Å². The molecular weight excluding hydrogens is 256 g/mol. The van der Waals surface area contributed by atoms with Gasteiger partial charge in [0, 0.05) is 0 Å². The minimum Gasteiger partial charge on any atom is -0.373 e. The summed E-state index contributed by atoms with van der Waals surface area (Å²) in [5, 5.41) is 18.5. The van der Waals surface area contributed by atoms with Gasteiger partial charge in [0.2, 0.25) is 0 Å². The molecule has 1 aromatic carbocycles. The number of rotatable bonds is 4. The van der Waals surface area contributed by atoms with Gasteiger partial charge in [-0.15, -0.1) is 0 Å². The molecule has 0 aliphatic carbocycles. The Labute approximate surface area is 96.5 Å². The fourth-order valence-electron chi connectivity index (χ4n) is 1.10. The van der Waals surface area contributed by atoms with E-state index in [9.17, 15) is 18.6 Å². The first-order chi connectivity index (χ1) is 7.43. The van der Waals surface area contributed by atoms with Crippen LogP contribution in [0, 0.1) is 0 Å². The summed E-state index contributed by atoms with van der Waals surface area (Å²) in [4.78, 5) is 0. The maximum atomic E-state index is 10.6. The molecule has 0 saturated heterocycles. The van der Waals surface area contributed by atoms with Gasteiger partial charge in [0.25, 0.3) is 0 Å². The fourth-order valence-corrected chi connectivity index (χ4v) is 1.86. The monoisotopic (exact) mass is 266 g/mol. The van der Waals surface area contributed by atoms with Crippen LogP contribution in [0.2, 0.25) is 0 Å². The Kier molecular flexibility index (Phi) is 4.71. The van der Waals surface area contributed by atoms with E-state index in [4.69, 9.17) is 9.11 Å². The summed E-state index contributed by atoms with van der Waals surface area (Å²) < 4.78 is 38.5. The third-order valence-electron chi connectivity index (χ3n) is 1.86. The summed E-state index contributed by atoms with van der Waals surface area (Å²) in [5.74, 6) is 0. The van der Waals surface area contributed by atoms with E-state index >= 15 is 0 Å². The smallest absolute Gasteiger partial charge is 0.187 e. The molecule has 4 unspecified atom stereocenters. The van der Waals surface area contributed by atoms with Gasteiger partial charge >= 0.3 is 0 Å². The lowest BCUT2D eigenvalue weighted by Gasteiger charge is -2.10. The Balaban J connectivity index is 3.04. The molecule has 0 fully saturated rings. The molecule has 16 heavy (non-hydrogen) atoms. The molecule has 4 atom stereocenters. The fraction of sp³-hybridized carbons (Fsp3) is 0.250. The lowest BCUT2D eigenvalue weighted by Crippen LogP contribution is -2.08. The van der Waals surface area contributed by atoms with Crippen molar-refractivity contribution in [1.82, 2.24) is 0 Å². The second-order valence-electron chi connectivity index (χ2n) is 2.93. The van der Waals surface area contributed by atoms with Gasteiger partial charge in [-0.05, 0) is 17.2 Å². The number of benzene rings is 1. The molecule has 0 amide bonds. The molecule has 90 valence electrons. The van der Waals surface area contributed by atoms with Crippen molar-refractivity contribution in [2.75, 3.05) is 0 Å². The summed E-state index contributed by atoms with van der Waals surface area (Å²) in [6, 6.07) is 5.33. The summed E-state index contributed by atoms with van der Waals surface area (Å²) in [6.07, 6.45) is 0. The van der Waals surface area contributed by atoms with Gasteiger partial charge in [-0.25, -0.2) is 8.42 Å². The molecule has 8 heteroatoms. The predicted octanol–water partition coefficient (Wildman–Crippen LogP) is 0.112. The van der Waals surface area contributed by atoms with Crippen LogP contribution in [-0.4, -0.2) is 27.7 Å². The van der Waals surface area contributed by atoms with Gasteiger partial charge in [0.1, 0.15) is 0 Å². The SMILES string of the molecule is O=S(O)C(O)c1cccc(C(O)S(=O)O)c1. The van der Waals surface area contributed by atoms with Gasteiger partial charge in [-0.1, -0.05) is 18.2 Å². The van der Waals surface area contributed by atoms with Crippen molar-refractivity contribution in [2.45, 2.75) is 10.9 Å². The summed E-state index contributed by atoms with van der Waals surface area (Å²) in [6.45, 7) is 0. The van der Waals surface area contributed by atoms with E-state index in [-0.39, 0.29) is 11.1 Å².